The van der Waals surface area contributed by atoms with Gasteiger partial charge < -0.3 is 14.7 Å². The van der Waals surface area contributed by atoms with Crippen LogP contribution >= 0.6 is 0 Å². The van der Waals surface area contributed by atoms with Gasteiger partial charge in [0.25, 0.3) is 0 Å². The Bertz CT molecular complexity index is 547. The standard InChI is InChI=1S/C16H21NO4/c1-16(2,3)13(15(19)20)14(18)17-9-6-10-21-12-8-5-4-7-11(12)17/h4-5,7-8,13H,6,9-10H2,1-3H3,(H,19,20). The summed E-state index contributed by atoms with van der Waals surface area (Å²) in [5.74, 6) is -1.92. The Balaban J connectivity index is 2.40. The van der Waals surface area contributed by atoms with Gasteiger partial charge in [-0.1, -0.05) is 32.9 Å². The van der Waals surface area contributed by atoms with E-state index >= 15 is 0 Å². The van der Waals surface area contributed by atoms with Crippen LogP contribution in [-0.2, 0) is 9.59 Å². The molecule has 0 bridgehead atoms. The molecule has 0 radical (unpaired) electrons. The van der Waals surface area contributed by atoms with E-state index in [1.807, 2.05) is 12.1 Å². The number of carbonyl (C=O) groups excluding carboxylic acids is 1. The molecule has 0 saturated carbocycles. The van der Waals surface area contributed by atoms with E-state index in [9.17, 15) is 14.7 Å². The van der Waals surface area contributed by atoms with Crippen LogP contribution in [0.2, 0.25) is 0 Å². The molecule has 0 saturated heterocycles. The minimum Gasteiger partial charge on any atom is -0.491 e. The van der Waals surface area contributed by atoms with Crippen molar-refractivity contribution in [1.29, 1.82) is 0 Å². The van der Waals surface area contributed by atoms with Crippen molar-refractivity contribution in [1.82, 2.24) is 0 Å². The van der Waals surface area contributed by atoms with Gasteiger partial charge in [-0.3, -0.25) is 9.59 Å². The summed E-state index contributed by atoms with van der Waals surface area (Å²) in [6.07, 6.45) is 0.677. The van der Waals surface area contributed by atoms with Gasteiger partial charge in [-0.2, -0.15) is 0 Å². The molecule has 0 fully saturated rings. The molecule has 5 nitrogen and oxygen atoms in total. The number of hydrogen-bond donors (Lipinski definition) is 1. The first-order chi connectivity index (χ1) is 9.82. The van der Waals surface area contributed by atoms with E-state index in [0.29, 0.717) is 31.0 Å². The first kappa shape index (κ1) is 15.4. The Labute approximate surface area is 124 Å². The molecule has 1 aromatic carbocycles. The van der Waals surface area contributed by atoms with E-state index in [-0.39, 0.29) is 5.91 Å². The molecular formula is C16H21NO4. The molecule has 1 amide bonds. The normalized spacial score (nSPS) is 16.4. The zero-order valence-electron chi connectivity index (χ0n) is 12.6. The third-order valence-electron chi connectivity index (χ3n) is 3.57. The summed E-state index contributed by atoms with van der Waals surface area (Å²) < 4.78 is 5.61. The lowest BCUT2D eigenvalue weighted by molar-refractivity contribution is -0.150. The highest BCUT2D eigenvalue weighted by Gasteiger charge is 2.41. The number of rotatable bonds is 2. The third kappa shape index (κ3) is 3.17. The van der Waals surface area contributed by atoms with E-state index in [4.69, 9.17) is 4.74 Å². The van der Waals surface area contributed by atoms with Crippen molar-refractivity contribution in [2.24, 2.45) is 11.3 Å². The molecule has 0 aliphatic carbocycles. The second kappa shape index (κ2) is 5.76. The van der Waals surface area contributed by atoms with Crippen molar-refractivity contribution in [3.8, 4) is 5.75 Å². The number of carbonyl (C=O) groups is 2. The van der Waals surface area contributed by atoms with Crippen molar-refractivity contribution in [2.45, 2.75) is 27.2 Å². The molecule has 2 rings (SSSR count). The number of fused-ring (bicyclic) bond motifs is 1. The molecule has 1 aliphatic rings. The fourth-order valence-corrected chi connectivity index (χ4v) is 2.56. The monoisotopic (exact) mass is 291 g/mol. The van der Waals surface area contributed by atoms with Gasteiger partial charge in [-0.25, -0.2) is 0 Å². The Hall–Kier alpha value is -2.04. The molecule has 0 aromatic heterocycles. The van der Waals surface area contributed by atoms with Crippen molar-refractivity contribution in [3.05, 3.63) is 24.3 Å². The van der Waals surface area contributed by atoms with E-state index in [2.05, 4.69) is 0 Å². The van der Waals surface area contributed by atoms with Gasteiger partial charge in [-0.15, -0.1) is 0 Å². The second-order valence-corrected chi connectivity index (χ2v) is 6.30. The van der Waals surface area contributed by atoms with Crippen LogP contribution in [0.4, 0.5) is 5.69 Å². The lowest BCUT2D eigenvalue weighted by atomic mass is 9.79. The van der Waals surface area contributed by atoms with Crippen LogP contribution in [0.25, 0.3) is 0 Å². The highest BCUT2D eigenvalue weighted by atomic mass is 16.5. The van der Waals surface area contributed by atoms with Crippen LogP contribution in [0.5, 0.6) is 5.75 Å². The van der Waals surface area contributed by atoms with E-state index in [0.717, 1.165) is 0 Å². The number of benzene rings is 1. The molecule has 1 N–H and O–H groups in total. The smallest absolute Gasteiger partial charge is 0.316 e. The zero-order chi connectivity index (χ0) is 15.6. The number of carboxylic acid groups (broad SMARTS) is 1. The van der Waals surface area contributed by atoms with Crippen LogP contribution < -0.4 is 9.64 Å². The lowest BCUT2D eigenvalue weighted by Gasteiger charge is -2.31. The van der Waals surface area contributed by atoms with Gasteiger partial charge >= 0.3 is 5.97 Å². The number of nitrogens with zero attached hydrogens (tertiary/aromatic N) is 1. The SMILES string of the molecule is CC(C)(C)C(C(=O)O)C(=O)N1CCCOc2ccccc21. The molecule has 1 aliphatic heterocycles. The Kier molecular flexibility index (Phi) is 4.21. The zero-order valence-corrected chi connectivity index (χ0v) is 12.6. The largest absolute Gasteiger partial charge is 0.491 e. The highest BCUT2D eigenvalue weighted by Crippen LogP contribution is 2.35. The maximum absolute atomic E-state index is 12.8. The van der Waals surface area contributed by atoms with Gasteiger partial charge in [0, 0.05) is 6.54 Å². The van der Waals surface area contributed by atoms with E-state index < -0.39 is 17.3 Å². The minimum atomic E-state index is -1.09. The van der Waals surface area contributed by atoms with Crippen LogP contribution in [0.3, 0.4) is 0 Å². The van der Waals surface area contributed by atoms with Gasteiger partial charge in [0.15, 0.2) is 0 Å². The summed E-state index contributed by atoms with van der Waals surface area (Å²) in [6, 6.07) is 7.25. The summed E-state index contributed by atoms with van der Waals surface area (Å²) in [4.78, 5) is 25.9. The van der Waals surface area contributed by atoms with Gasteiger partial charge in [0.2, 0.25) is 5.91 Å². The van der Waals surface area contributed by atoms with Crippen molar-refractivity contribution >= 4 is 17.6 Å². The molecule has 21 heavy (non-hydrogen) atoms. The summed E-state index contributed by atoms with van der Waals surface area (Å²) in [6.45, 7) is 6.29. The molecule has 1 aromatic rings. The third-order valence-corrected chi connectivity index (χ3v) is 3.57. The number of hydrogen-bond acceptors (Lipinski definition) is 3. The average Bonchev–Trinajstić information content (AvgIpc) is 2.58. The van der Waals surface area contributed by atoms with Gasteiger partial charge in [0.1, 0.15) is 11.7 Å². The van der Waals surface area contributed by atoms with Crippen LogP contribution in [0.15, 0.2) is 24.3 Å². The topological polar surface area (TPSA) is 66.8 Å². The van der Waals surface area contributed by atoms with Crippen LogP contribution in [0, 0.1) is 11.3 Å². The number of amides is 1. The number of anilines is 1. The molecular weight excluding hydrogens is 270 g/mol. The van der Waals surface area contributed by atoms with Gasteiger partial charge in [0.05, 0.1) is 12.3 Å². The summed E-state index contributed by atoms with van der Waals surface area (Å²) in [5, 5.41) is 9.45. The summed E-state index contributed by atoms with van der Waals surface area (Å²) >= 11 is 0. The first-order valence-electron chi connectivity index (χ1n) is 7.08. The van der Waals surface area contributed by atoms with Crippen LogP contribution in [-0.4, -0.2) is 30.1 Å². The lowest BCUT2D eigenvalue weighted by Crippen LogP contribution is -2.45. The Morgan fingerprint density at radius 1 is 1.29 bits per heavy atom. The summed E-state index contributed by atoms with van der Waals surface area (Å²) in [5.41, 5.74) is 0.000815. The maximum Gasteiger partial charge on any atom is 0.316 e. The number of carboxylic acids is 1. The average molecular weight is 291 g/mol. The van der Waals surface area contributed by atoms with Crippen LogP contribution in [0.1, 0.15) is 27.2 Å². The van der Waals surface area contributed by atoms with E-state index in [1.54, 1.807) is 37.8 Å². The van der Waals surface area contributed by atoms with Crippen molar-refractivity contribution < 1.29 is 19.4 Å². The van der Waals surface area contributed by atoms with Crippen molar-refractivity contribution in [3.63, 3.8) is 0 Å². The molecule has 5 heteroatoms. The highest BCUT2D eigenvalue weighted by molar-refractivity contribution is 6.07. The maximum atomic E-state index is 12.8. The molecule has 1 unspecified atom stereocenters. The molecule has 1 heterocycles. The molecule has 114 valence electrons. The predicted molar refractivity (Wildman–Crippen MR) is 79.5 cm³/mol. The van der Waals surface area contributed by atoms with Crippen molar-refractivity contribution in [2.75, 3.05) is 18.1 Å². The summed E-state index contributed by atoms with van der Waals surface area (Å²) in [7, 11) is 0. The fourth-order valence-electron chi connectivity index (χ4n) is 2.56. The number of para-hydroxylation sites is 2. The quantitative estimate of drug-likeness (QED) is 0.850. The Morgan fingerprint density at radius 3 is 2.57 bits per heavy atom. The number of ether oxygens (including phenoxy) is 1. The first-order valence-corrected chi connectivity index (χ1v) is 7.08. The predicted octanol–water partition coefficient (Wildman–Crippen LogP) is 2.55. The molecule has 0 spiro atoms. The second-order valence-electron chi connectivity index (χ2n) is 6.30. The van der Waals surface area contributed by atoms with Gasteiger partial charge in [-0.05, 0) is 24.0 Å². The molecule has 1 atom stereocenters. The van der Waals surface area contributed by atoms with E-state index in [1.165, 1.54) is 0 Å². The Morgan fingerprint density at radius 2 is 1.95 bits per heavy atom. The fraction of sp³-hybridized carbons (Fsp3) is 0.500. The number of aliphatic carboxylic acids is 1. The minimum absolute atomic E-state index is 0.382.